The first-order valence-corrected chi connectivity index (χ1v) is 8.50. The van der Waals surface area contributed by atoms with Crippen LogP contribution in [0.5, 0.6) is 0 Å². The maximum Gasteiger partial charge on any atom is 0.279 e. The molecule has 2 rings (SSSR count). The molecule has 4 nitrogen and oxygen atoms in total. The van der Waals surface area contributed by atoms with Crippen LogP contribution < -0.4 is 0 Å². The molecule has 0 saturated carbocycles. The van der Waals surface area contributed by atoms with Crippen LogP contribution in [0.15, 0.2) is 13.2 Å². The minimum Gasteiger partial charge on any atom is -0.267 e. The van der Waals surface area contributed by atoms with Gasteiger partial charge in [0.15, 0.2) is 0 Å². The van der Waals surface area contributed by atoms with E-state index in [-0.39, 0.29) is 9.77 Å². The van der Waals surface area contributed by atoms with Gasteiger partial charge in [0, 0.05) is 0 Å². The molecule has 0 aromatic carbocycles. The van der Waals surface area contributed by atoms with Crippen molar-refractivity contribution < 1.29 is 13.2 Å². The fourth-order valence-corrected chi connectivity index (χ4v) is 6.87. The second-order valence-electron chi connectivity index (χ2n) is 4.59. The lowest BCUT2D eigenvalue weighted by atomic mass is 10.1. The van der Waals surface area contributed by atoms with Gasteiger partial charge in [0.25, 0.3) is 15.9 Å². The van der Waals surface area contributed by atoms with E-state index in [0.717, 1.165) is 15.6 Å². The number of rotatable bonds is 0. The van der Waals surface area contributed by atoms with Crippen LogP contribution >= 0.6 is 43.2 Å². The molecule has 1 aliphatic rings. The van der Waals surface area contributed by atoms with Crippen LogP contribution in [-0.2, 0) is 10.0 Å². The monoisotopic (exact) mass is 401 g/mol. The highest BCUT2D eigenvalue weighted by Crippen LogP contribution is 2.47. The molecule has 94 valence electrons. The number of thiophene rings is 1. The van der Waals surface area contributed by atoms with Gasteiger partial charge in [-0.1, -0.05) is 0 Å². The Hall–Kier alpha value is 0.0800. The topological polar surface area (TPSA) is 54.5 Å². The van der Waals surface area contributed by atoms with Gasteiger partial charge >= 0.3 is 0 Å². The van der Waals surface area contributed by atoms with Crippen molar-refractivity contribution in [3.63, 3.8) is 0 Å². The summed E-state index contributed by atoms with van der Waals surface area (Å²) in [6.45, 7) is 5.09. The average molecular weight is 403 g/mol. The summed E-state index contributed by atoms with van der Waals surface area (Å²) in [6.07, 6.45) is 0. The maximum absolute atomic E-state index is 12.3. The number of halogens is 2. The summed E-state index contributed by atoms with van der Waals surface area (Å²) >= 11 is 7.56. The standard InChI is InChI=1S/C9H9Br2NO3S2/c1-9(2,3)12-8(13)5-6(17(12,14)15)4(10)7(11)16-5/h1-3H3. The fourth-order valence-electron chi connectivity index (χ4n) is 1.70. The van der Waals surface area contributed by atoms with Crippen molar-refractivity contribution in [1.82, 2.24) is 4.31 Å². The zero-order chi connectivity index (χ0) is 13.2. The number of sulfonamides is 1. The summed E-state index contributed by atoms with van der Waals surface area (Å²) in [5, 5.41) is 0. The molecule has 0 radical (unpaired) electrons. The van der Waals surface area contributed by atoms with Crippen molar-refractivity contribution in [1.29, 1.82) is 0 Å². The van der Waals surface area contributed by atoms with Gasteiger partial charge in [0.05, 0.1) is 13.8 Å². The molecule has 0 fully saturated rings. The van der Waals surface area contributed by atoms with E-state index in [1.807, 2.05) is 0 Å². The minimum atomic E-state index is -3.75. The lowest BCUT2D eigenvalue weighted by Crippen LogP contribution is -2.45. The van der Waals surface area contributed by atoms with Crippen LogP contribution in [0, 0.1) is 0 Å². The lowest BCUT2D eigenvalue weighted by Gasteiger charge is -2.30. The van der Waals surface area contributed by atoms with Crippen LogP contribution in [0.25, 0.3) is 0 Å². The molecule has 0 spiro atoms. The molecule has 0 bridgehead atoms. The summed E-state index contributed by atoms with van der Waals surface area (Å²) in [5.74, 6) is -0.455. The van der Waals surface area contributed by atoms with Gasteiger partial charge in [-0.25, -0.2) is 12.7 Å². The highest BCUT2D eigenvalue weighted by molar-refractivity contribution is 9.13. The summed E-state index contributed by atoms with van der Waals surface area (Å²) in [7, 11) is -3.75. The van der Waals surface area contributed by atoms with Gasteiger partial charge in [-0.2, -0.15) is 0 Å². The van der Waals surface area contributed by atoms with Crippen molar-refractivity contribution in [2.45, 2.75) is 31.2 Å². The Labute approximate surface area is 120 Å². The number of nitrogens with zero attached hydrogens (tertiary/aromatic N) is 1. The second-order valence-corrected chi connectivity index (χ2v) is 9.45. The molecule has 1 aromatic heterocycles. The molecular weight excluding hydrogens is 394 g/mol. The molecule has 1 amide bonds. The Bertz CT molecular complexity index is 613. The lowest BCUT2D eigenvalue weighted by molar-refractivity contribution is 0.0792. The number of hydrogen-bond donors (Lipinski definition) is 0. The van der Waals surface area contributed by atoms with Crippen molar-refractivity contribution in [2.75, 3.05) is 0 Å². The normalized spacial score (nSPS) is 18.6. The van der Waals surface area contributed by atoms with Gasteiger partial charge in [0.2, 0.25) is 0 Å². The van der Waals surface area contributed by atoms with Gasteiger partial charge in [0.1, 0.15) is 9.77 Å². The third-order valence-electron chi connectivity index (χ3n) is 2.26. The number of fused-ring (bicyclic) bond motifs is 1. The van der Waals surface area contributed by atoms with Crippen LogP contribution in [0.4, 0.5) is 0 Å². The molecule has 8 heteroatoms. The van der Waals surface area contributed by atoms with Gasteiger partial charge in [-0.05, 0) is 52.6 Å². The van der Waals surface area contributed by atoms with Gasteiger partial charge in [-0.15, -0.1) is 11.3 Å². The number of carbonyl (C=O) groups is 1. The third-order valence-corrected chi connectivity index (χ3v) is 8.20. The molecule has 1 aromatic rings. The van der Waals surface area contributed by atoms with E-state index >= 15 is 0 Å². The Balaban J connectivity index is 2.77. The van der Waals surface area contributed by atoms with E-state index in [1.54, 1.807) is 20.8 Å². The predicted octanol–water partition coefficient (Wildman–Crippen LogP) is 3.22. The SMILES string of the molecule is CC(C)(C)N1C(=O)c2sc(Br)c(Br)c2S1(=O)=O. The zero-order valence-electron chi connectivity index (χ0n) is 9.24. The van der Waals surface area contributed by atoms with Crippen molar-refractivity contribution in [2.24, 2.45) is 0 Å². The number of carbonyl (C=O) groups excluding carboxylic acids is 1. The Morgan fingerprint density at radius 3 is 2.18 bits per heavy atom. The molecule has 0 aliphatic carbocycles. The van der Waals surface area contributed by atoms with E-state index in [1.165, 1.54) is 0 Å². The fraction of sp³-hybridized carbons (Fsp3) is 0.444. The van der Waals surface area contributed by atoms with Gasteiger partial charge < -0.3 is 0 Å². The largest absolute Gasteiger partial charge is 0.279 e. The molecule has 0 atom stereocenters. The first-order chi connectivity index (χ1) is 7.58. The summed E-state index contributed by atoms with van der Waals surface area (Å²) in [6, 6.07) is 0. The summed E-state index contributed by atoms with van der Waals surface area (Å²) in [5.41, 5.74) is -0.763. The maximum atomic E-state index is 12.3. The molecule has 0 N–H and O–H groups in total. The van der Waals surface area contributed by atoms with E-state index in [0.29, 0.717) is 8.26 Å². The van der Waals surface area contributed by atoms with E-state index < -0.39 is 21.5 Å². The van der Waals surface area contributed by atoms with Crippen molar-refractivity contribution in [3.05, 3.63) is 13.1 Å². The molecule has 1 aliphatic heterocycles. The quantitative estimate of drug-likeness (QED) is 0.669. The Morgan fingerprint density at radius 1 is 1.24 bits per heavy atom. The number of hydrogen-bond acceptors (Lipinski definition) is 4. The molecule has 2 heterocycles. The van der Waals surface area contributed by atoms with E-state index in [9.17, 15) is 13.2 Å². The van der Waals surface area contributed by atoms with E-state index in [2.05, 4.69) is 31.9 Å². The first-order valence-electron chi connectivity index (χ1n) is 4.66. The van der Waals surface area contributed by atoms with Crippen molar-refractivity contribution in [3.8, 4) is 0 Å². The molecule has 17 heavy (non-hydrogen) atoms. The minimum absolute atomic E-state index is 0.0781. The van der Waals surface area contributed by atoms with Crippen LogP contribution in [-0.4, -0.2) is 24.2 Å². The third kappa shape index (κ3) is 1.80. The molecular formula is C9H9Br2NO3S2. The van der Waals surface area contributed by atoms with E-state index in [4.69, 9.17) is 0 Å². The van der Waals surface area contributed by atoms with Crippen LogP contribution in [0.1, 0.15) is 30.4 Å². The molecule has 0 unspecified atom stereocenters. The smallest absolute Gasteiger partial charge is 0.267 e. The highest BCUT2D eigenvalue weighted by atomic mass is 79.9. The number of amides is 1. The van der Waals surface area contributed by atoms with Crippen molar-refractivity contribution >= 4 is 59.1 Å². The highest BCUT2D eigenvalue weighted by Gasteiger charge is 2.50. The zero-order valence-corrected chi connectivity index (χ0v) is 14.0. The summed E-state index contributed by atoms with van der Waals surface area (Å²) < 4.78 is 26.7. The Kier molecular flexibility index (Phi) is 3.01. The Morgan fingerprint density at radius 2 is 1.76 bits per heavy atom. The summed E-state index contributed by atoms with van der Waals surface area (Å²) in [4.78, 5) is 12.5. The second kappa shape index (κ2) is 3.79. The average Bonchev–Trinajstić information content (AvgIpc) is 2.49. The van der Waals surface area contributed by atoms with Gasteiger partial charge in [-0.3, -0.25) is 4.79 Å². The predicted molar refractivity (Wildman–Crippen MR) is 72.8 cm³/mol. The van der Waals surface area contributed by atoms with Crippen LogP contribution in [0.3, 0.4) is 0 Å². The van der Waals surface area contributed by atoms with Crippen LogP contribution in [0.2, 0.25) is 0 Å². The molecule has 0 saturated heterocycles. The first kappa shape index (κ1) is 13.5.